The number of hydrogen-bond acceptors (Lipinski definition) is 3. The van der Waals surface area contributed by atoms with Gasteiger partial charge >= 0.3 is 0 Å². The SMILES string of the molecule is [c]1ccccc1N1CC2(CNCCO2)C1. The van der Waals surface area contributed by atoms with E-state index in [0.717, 1.165) is 32.8 Å². The van der Waals surface area contributed by atoms with Crippen molar-refractivity contribution in [3.8, 4) is 0 Å². The second kappa shape index (κ2) is 3.51. The lowest BCUT2D eigenvalue weighted by atomic mass is 9.92. The molecule has 1 radical (unpaired) electrons. The number of para-hydroxylation sites is 1. The maximum absolute atomic E-state index is 5.84. The number of nitrogens with zero attached hydrogens (tertiary/aromatic N) is 1. The molecule has 2 heterocycles. The van der Waals surface area contributed by atoms with Crippen molar-refractivity contribution in [2.24, 2.45) is 0 Å². The fourth-order valence-electron chi connectivity index (χ4n) is 2.31. The zero-order valence-corrected chi connectivity index (χ0v) is 8.70. The van der Waals surface area contributed by atoms with Gasteiger partial charge in [-0.3, -0.25) is 0 Å². The van der Waals surface area contributed by atoms with Crippen molar-refractivity contribution in [3.05, 3.63) is 30.3 Å². The van der Waals surface area contributed by atoms with Gasteiger partial charge in [0.15, 0.2) is 0 Å². The number of anilines is 1. The van der Waals surface area contributed by atoms with Gasteiger partial charge in [0.05, 0.1) is 19.7 Å². The molecule has 3 rings (SSSR count). The average Bonchev–Trinajstić information content (AvgIpc) is 2.28. The topological polar surface area (TPSA) is 24.5 Å². The average molecular weight is 203 g/mol. The molecule has 0 unspecified atom stereocenters. The van der Waals surface area contributed by atoms with Crippen LogP contribution in [-0.2, 0) is 4.74 Å². The van der Waals surface area contributed by atoms with Gasteiger partial charge in [-0.1, -0.05) is 18.2 Å². The Bertz CT molecular complexity index is 325. The summed E-state index contributed by atoms with van der Waals surface area (Å²) in [5.41, 5.74) is 1.25. The van der Waals surface area contributed by atoms with Crippen LogP contribution >= 0.6 is 0 Å². The van der Waals surface area contributed by atoms with E-state index >= 15 is 0 Å². The molecule has 2 aliphatic heterocycles. The lowest BCUT2D eigenvalue weighted by Crippen LogP contribution is -2.69. The van der Waals surface area contributed by atoms with E-state index in [4.69, 9.17) is 4.74 Å². The van der Waals surface area contributed by atoms with Crippen LogP contribution in [0, 0.1) is 6.07 Å². The van der Waals surface area contributed by atoms with Crippen LogP contribution in [0.25, 0.3) is 0 Å². The van der Waals surface area contributed by atoms with Crippen LogP contribution in [0.4, 0.5) is 5.69 Å². The van der Waals surface area contributed by atoms with Crippen molar-refractivity contribution in [2.45, 2.75) is 5.60 Å². The lowest BCUT2D eigenvalue weighted by molar-refractivity contribution is -0.0828. The zero-order valence-electron chi connectivity index (χ0n) is 8.70. The summed E-state index contributed by atoms with van der Waals surface area (Å²) in [6.07, 6.45) is 0. The number of benzene rings is 1. The molecule has 15 heavy (non-hydrogen) atoms. The third-order valence-electron chi connectivity index (χ3n) is 3.13. The van der Waals surface area contributed by atoms with Crippen LogP contribution in [0.1, 0.15) is 0 Å². The predicted octanol–water partition coefficient (Wildman–Crippen LogP) is 0.665. The fraction of sp³-hybridized carbons (Fsp3) is 0.500. The Morgan fingerprint density at radius 3 is 3.00 bits per heavy atom. The Morgan fingerprint density at radius 1 is 1.40 bits per heavy atom. The van der Waals surface area contributed by atoms with Gasteiger partial charge in [0.25, 0.3) is 0 Å². The first kappa shape index (κ1) is 9.19. The van der Waals surface area contributed by atoms with Crippen molar-refractivity contribution in [2.75, 3.05) is 37.7 Å². The number of nitrogens with one attached hydrogen (secondary N) is 1. The summed E-state index contributed by atoms with van der Waals surface area (Å²) < 4.78 is 5.84. The summed E-state index contributed by atoms with van der Waals surface area (Å²) in [6, 6.07) is 11.4. The molecule has 1 N–H and O–H groups in total. The van der Waals surface area contributed by atoms with Crippen molar-refractivity contribution in [1.29, 1.82) is 0 Å². The third kappa shape index (κ3) is 1.62. The lowest BCUT2D eigenvalue weighted by Gasteiger charge is -2.52. The minimum atomic E-state index is 0.0714. The van der Waals surface area contributed by atoms with E-state index in [1.54, 1.807) is 0 Å². The Balaban J connectivity index is 1.66. The highest BCUT2D eigenvalue weighted by atomic mass is 16.5. The van der Waals surface area contributed by atoms with Gasteiger partial charge in [-0.05, 0) is 6.07 Å². The molecule has 79 valence electrons. The zero-order chi connectivity index (χ0) is 10.1. The van der Waals surface area contributed by atoms with Crippen molar-refractivity contribution in [1.82, 2.24) is 5.32 Å². The van der Waals surface area contributed by atoms with Crippen LogP contribution in [0.2, 0.25) is 0 Å². The summed E-state index contributed by atoms with van der Waals surface area (Å²) in [5, 5.41) is 3.39. The molecule has 1 spiro atoms. The highest BCUT2D eigenvalue weighted by Gasteiger charge is 2.45. The van der Waals surface area contributed by atoms with Gasteiger partial charge in [-0.25, -0.2) is 0 Å². The number of hydrogen-bond donors (Lipinski definition) is 1. The van der Waals surface area contributed by atoms with Gasteiger partial charge in [0.2, 0.25) is 0 Å². The molecule has 0 aliphatic carbocycles. The largest absolute Gasteiger partial charge is 0.369 e. The first-order valence-corrected chi connectivity index (χ1v) is 5.44. The van der Waals surface area contributed by atoms with E-state index in [-0.39, 0.29) is 5.60 Å². The normalized spacial score (nSPS) is 23.9. The third-order valence-corrected chi connectivity index (χ3v) is 3.13. The summed E-state index contributed by atoms with van der Waals surface area (Å²) >= 11 is 0. The second-order valence-electron chi connectivity index (χ2n) is 4.31. The molecular weight excluding hydrogens is 188 g/mol. The Labute approximate surface area is 90.0 Å². The maximum Gasteiger partial charge on any atom is 0.115 e. The maximum atomic E-state index is 5.84. The molecule has 2 aliphatic rings. The van der Waals surface area contributed by atoms with Crippen molar-refractivity contribution >= 4 is 5.69 Å². The number of rotatable bonds is 1. The molecule has 0 bridgehead atoms. The predicted molar refractivity (Wildman–Crippen MR) is 59.0 cm³/mol. The molecule has 3 nitrogen and oxygen atoms in total. The molecule has 3 heteroatoms. The summed E-state index contributed by atoms with van der Waals surface area (Å²) in [7, 11) is 0. The first-order valence-electron chi connectivity index (χ1n) is 5.44. The Hall–Kier alpha value is -1.06. The minimum absolute atomic E-state index is 0.0714. The van der Waals surface area contributed by atoms with Crippen molar-refractivity contribution in [3.63, 3.8) is 0 Å². The van der Waals surface area contributed by atoms with Crippen LogP contribution in [0.5, 0.6) is 0 Å². The molecule has 2 saturated heterocycles. The van der Waals surface area contributed by atoms with Crippen LogP contribution in [0.15, 0.2) is 24.3 Å². The van der Waals surface area contributed by atoms with E-state index in [1.165, 1.54) is 5.69 Å². The smallest absolute Gasteiger partial charge is 0.115 e. The molecular formula is C12H15N2O. The monoisotopic (exact) mass is 203 g/mol. The van der Waals surface area contributed by atoms with E-state index in [0.29, 0.717) is 0 Å². The minimum Gasteiger partial charge on any atom is -0.369 e. The van der Waals surface area contributed by atoms with Crippen LogP contribution < -0.4 is 10.2 Å². The number of ether oxygens (including phenoxy) is 1. The quantitative estimate of drug-likeness (QED) is 0.726. The summed E-state index contributed by atoms with van der Waals surface area (Å²) in [4.78, 5) is 2.31. The van der Waals surface area contributed by atoms with Crippen LogP contribution in [-0.4, -0.2) is 38.4 Å². The molecule has 1 aromatic rings. The molecule has 2 fully saturated rings. The first-order chi connectivity index (χ1) is 7.38. The second-order valence-corrected chi connectivity index (χ2v) is 4.31. The van der Waals surface area contributed by atoms with Gasteiger partial charge in [-0.2, -0.15) is 0 Å². The van der Waals surface area contributed by atoms with E-state index in [1.807, 2.05) is 12.1 Å². The van der Waals surface area contributed by atoms with E-state index in [2.05, 4.69) is 28.4 Å². The van der Waals surface area contributed by atoms with Gasteiger partial charge in [0.1, 0.15) is 5.60 Å². The van der Waals surface area contributed by atoms with E-state index < -0.39 is 0 Å². The fourth-order valence-corrected chi connectivity index (χ4v) is 2.31. The van der Waals surface area contributed by atoms with Gasteiger partial charge in [-0.15, -0.1) is 0 Å². The molecule has 0 saturated carbocycles. The Morgan fingerprint density at radius 2 is 2.33 bits per heavy atom. The van der Waals surface area contributed by atoms with Gasteiger partial charge in [0, 0.05) is 24.8 Å². The summed E-state index contributed by atoms with van der Waals surface area (Å²) in [5.74, 6) is 0. The molecule has 1 aromatic carbocycles. The Kier molecular flexibility index (Phi) is 2.15. The van der Waals surface area contributed by atoms with Crippen LogP contribution in [0.3, 0.4) is 0 Å². The number of morpholine rings is 1. The molecule has 0 atom stereocenters. The highest BCUT2D eigenvalue weighted by molar-refractivity contribution is 5.49. The highest BCUT2D eigenvalue weighted by Crippen LogP contribution is 2.30. The van der Waals surface area contributed by atoms with Gasteiger partial charge < -0.3 is 15.0 Å². The molecule has 0 aromatic heterocycles. The van der Waals surface area contributed by atoms with E-state index in [9.17, 15) is 0 Å². The summed E-state index contributed by atoms with van der Waals surface area (Å²) in [6.45, 7) is 4.78. The molecule has 0 amide bonds. The van der Waals surface area contributed by atoms with Crippen molar-refractivity contribution < 1.29 is 4.74 Å². The standard InChI is InChI=1S/C12H15N2O/c1-2-4-11(5-3-1)14-9-12(10-14)8-13-6-7-15-12/h1-4,13H,6-10H2.